The lowest BCUT2D eigenvalue weighted by Crippen LogP contribution is -2.22. The van der Waals surface area contributed by atoms with Gasteiger partial charge in [0.15, 0.2) is 0 Å². The van der Waals surface area contributed by atoms with Crippen LogP contribution in [0.1, 0.15) is 19.3 Å². The van der Waals surface area contributed by atoms with Gasteiger partial charge < -0.3 is 0 Å². The summed E-state index contributed by atoms with van der Waals surface area (Å²) in [6.45, 7) is -0.425. The van der Waals surface area contributed by atoms with Crippen LogP contribution in [0.25, 0.3) is 0 Å². The Hall–Kier alpha value is -0.580. The number of rotatable bonds is 4. The molecule has 0 aromatic rings. The molecule has 0 aliphatic rings. The second-order valence-electron chi connectivity index (χ2n) is 2.08. The number of carbonyl (C=O) groups is 1. The van der Waals surface area contributed by atoms with Crippen LogP contribution >= 0.6 is 0 Å². The van der Waals surface area contributed by atoms with Crippen molar-refractivity contribution in [3.63, 3.8) is 0 Å². The zero-order chi connectivity index (χ0) is 8.91. The highest BCUT2D eigenvalue weighted by molar-refractivity contribution is 5.83. The molecule has 0 rings (SSSR count). The van der Waals surface area contributed by atoms with Gasteiger partial charge in [-0.15, -0.1) is 0 Å². The fraction of sp³-hybridized carbons (Fsp3) is 0.833. The number of halogens is 3. The first kappa shape index (κ1) is 10.4. The van der Waals surface area contributed by atoms with Gasteiger partial charge in [0.05, 0.1) is 6.61 Å². The van der Waals surface area contributed by atoms with E-state index in [1.54, 1.807) is 0 Å². The molecule has 11 heavy (non-hydrogen) atoms. The van der Waals surface area contributed by atoms with E-state index in [-0.39, 0.29) is 12.8 Å². The third-order valence-electron chi connectivity index (χ3n) is 1.11. The average molecular weight is 169 g/mol. The van der Waals surface area contributed by atoms with Crippen molar-refractivity contribution in [1.29, 1.82) is 0 Å². The van der Waals surface area contributed by atoms with E-state index < -0.39 is 25.0 Å². The number of unbranched alkanes of at least 4 members (excludes halogenated alkanes) is 1. The number of hydrogen-bond acceptors (Lipinski definition) is 1. The van der Waals surface area contributed by atoms with Crippen molar-refractivity contribution >= 4 is 5.78 Å². The number of Topliss-reactive ketones (excluding diaryl/α,β-unsaturated/α-hetero) is 1. The van der Waals surface area contributed by atoms with E-state index in [4.69, 9.17) is 0 Å². The Kier molecular flexibility index (Phi) is 4.10. The van der Waals surface area contributed by atoms with E-state index in [1.165, 1.54) is 0 Å². The van der Waals surface area contributed by atoms with Gasteiger partial charge >= 0.3 is 6.18 Å². The van der Waals surface area contributed by atoms with Gasteiger partial charge in [0.25, 0.3) is 0 Å². The highest BCUT2D eigenvalue weighted by atomic mass is 19.4. The van der Waals surface area contributed by atoms with Crippen LogP contribution < -0.4 is 0 Å². The van der Waals surface area contributed by atoms with E-state index in [1.807, 2.05) is 0 Å². The van der Waals surface area contributed by atoms with Crippen LogP contribution in [0, 0.1) is 0 Å². The predicted molar refractivity (Wildman–Crippen MR) is 30.5 cm³/mol. The molecular weight excluding hydrogens is 161 g/mol. The maximum atomic E-state index is 11.4. The molecule has 0 unspecified atom stereocenters. The van der Waals surface area contributed by atoms with Gasteiger partial charge in [0.1, 0.15) is 0 Å². The lowest BCUT2D eigenvalue weighted by molar-refractivity contribution is -0.171. The molecule has 0 bridgehead atoms. The van der Waals surface area contributed by atoms with Crippen molar-refractivity contribution in [1.82, 2.24) is 0 Å². The fourth-order valence-corrected chi connectivity index (χ4v) is 0.529. The summed E-state index contributed by atoms with van der Waals surface area (Å²) in [7, 11) is 0. The third-order valence-corrected chi connectivity index (χ3v) is 1.11. The summed E-state index contributed by atoms with van der Waals surface area (Å²) in [5.74, 6) is -1.74. The largest absolute Gasteiger partial charge is 0.449 e. The van der Waals surface area contributed by atoms with E-state index in [9.17, 15) is 23.1 Å². The molecule has 65 valence electrons. The maximum absolute atomic E-state index is 11.4. The van der Waals surface area contributed by atoms with Crippen molar-refractivity contribution in [2.24, 2.45) is 0 Å². The number of ketones is 1. The Bertz CT molecular complexity index is 130. The zero-order valence-corrected chi connectivity index (χ0v) is 5.78. The minimum atomic E-state index is -4.73. The first-order valence-corrected chi connectivity index (χ1v) is 3.16. The smallest absolute Gasteiger partial charge is 0.290 e. The quantitative estimate of drug-likeness (QED) is 0.590. The van der Waals surface area contributed by atoms with Gasteiger partial charge in [-0.1, -0.05) is 0 Å². The Morgan fingerprint density at radius 1 is 1.18 bits per heavy atom. The molecule has 0 aliphatic carbocycles. The summed E-state index contributed by atoms with van der Waals surface area (Å²) in [6, 6.07) is 0. The molecular formula is C6H8F3O2. The first-order valence-electron chi connectivity index (χ1n) is 3.16. The molecule has 0 aromatic carbocycles. The molecule has 0 spiro atoms. The van der Waals surface area contributed by atoms with Crippen LogP contribution in [-0.4, -0.2) is 18.6 Å². The summed E-state index contributed by atoms with van der Waals surface area (Å²) < 4.78 is 34.3. The van der Waals surface area contributed by atoms with Crippen LogP contribution in [0.4, 0.5) is 13.2 Å². The fourth-order valence-electron chi connectivity index (χ4n) is 0.529. The molecule has 0 aromatic heterocycles. The minimum absolute atomic E-state index is 0.0296. The Labute approximate surface area is 62.0 Å². The first-order chi connectivity index (χ1) is 4.98. The van der Waals surface area contributed by atoms with Gasteiger partial charge in [-0.25, -0.2) is 5.11 Å². The van der Waals surface area contributed by atoms with Gasteiger partial charge in [-0.05, 0) is 12.8 Å². The molecule has 0 fully saturated rings. The summed E-state index contributed by atoms with van der Waals surface area (Å²) >= 11 is 0. The zero-order valence-electron chi connectivity index (χ0n) is 5.78. The highest BCUT2D eigenvalue weighted by Crippen LogP contribution is 2.18. The van der Waals surface area contributed by atoms with Crippen molar-refractivity contribution in [2.45, 2.75) is 25.4 Å². The molecule has 0 saturated heterocycles. The standard InChI is InChI=1S/C6H8F3O2/c7-6(8,9)5(11)3-1-2-4-10/h1-4H2. The van der Waals surface area contributed by atoms with Crippen LogP contribution in [-0.2, 0) is 9.90 Å². The molecule has 2 nitrogen and oxygen atoms in total. The summed E-state index contributed by atoms with van der Waals surface area (Å²) in [4.78, 5) is 10.1. The van der Waals surface area contributed by atoms with Crippen molar-refractivity contribution < 1.29 is 23.1 Å². The van der Waals surface area contributed by atoms with Gasteiger partial charge in [0, 0.05) is 6.42 Å². The van der Waals surface area contributed by atoms with Gasteiger partial charge in [-0.3, -0.25) is 4.79 Å². The molecule has 0 amide bonds. The SMILES string of the molecule is [O]CCCCC(=O)C(F)(F)F. The third kappa shape index (κ3) is 4.78. The maximum Gasteiger partial charge on any atom is 0.449 e. The number of alkyl halides is 3. The van der Waals surface area contributed by atoms with Gasteiger partial charge in [0.2, 0.25) is 5.78 Å². The van der Waals surface area contributed by atoms with Crippen LogP contribution in [0.5, 0.6) is 0 Å². The molecule has 0 atom stereocenters. The van der Waals surface area contributed by atoms with Crippen molar-refractivity contribution in [3.8, 4) is 0 Å². The van der Waals surface area contributed by atoms with Gasteiger partial charge in [-0.2, -0.15) is 13.2 Å². The monoisotopic (exact) mass is 169 g/mol. The average Bonchev–Trinajstić information content (AvgIpc) is 1.86. The topological polar surface area (TPSA) is 37.0 Å². The normalized spacial score (nSPS) is 11.6. The molecule has 0 N–H and O–H groups in total. The molecule has 0 saturated carbocycles. The Morgan fingerprint density at radius 2 is 1.73 bits per heavy atom. The second kappa shape index (κ2) is 4.33. The van der Waals surface area contributed by atoms with Crippen molar-refractivity contribution in [2.75, 3.05) is 6.61 Å². The second-order valence-corrected chi connectivity index (χ2v) is 2.08. The van der Waals surface area contributed by atoms with Crippen LogP contribution in [0.15, 0.2) is 0 Å². The Morgan fingerprint density at radius 3 is 2.09 bits per heavy atom. The molecule has 5 heteroatoms. The Balaban J connectivity index is 3.54. The van der Waals surface area contributed by atoms with Crippen molar-refractivity contribution in [3.05, 3.63) is 0 Å². The number of hydrogen-bond donors (Lipinski definition) is 0. The van der Waals surface area contributed by atoms with E-state index in [0.29, 0.717) is 0 Å². The molecule has 0 aliphatic heterocycles. The minimum Gasteiger partial charge on any atom is -0.290 e. The lowest BCUT2D eigenvalue weighted by atomic mass is 10.2. The highest BCUT2D eigenvalue weighted by Gasteiger charge is 2.36. The van der Waals surface area contributed by atoms with E-state index in [2.05, 4.69) is 0 Å². The number of carbonyl (C=O) groups excluding carboxylic acids is 1. The summed E-state index contributed by atoms with van der Waals surface area (Å²) in [5.41, 5.74) is 0. The van der Waals surface area contributed by atoms with Crippen LogP contribution in [0.2, 0.25) is 0 Å². The van der Waals surface area contributed by atoms with E-state index >= 15 is 0 Å². The lowest BCUT2D eigenvalue weighted by Gasteiger charge is -2.02. The summed E-state index contributed by atoms with van der Waals surface area (Å²) in [5, 5.41) is 9.77. The summed E-state index contributed by atoms with van der Waals surface area (Å²) in [6.07, 6.45) is -5.14. The molecule has 1 radical (unpaired) electrons. The predicted octanol–water partition coefficient (Wildman–Crippen LogP) is 1.72. The van der Waals surface area contributed by atoms with Crippen LogP contribution in [0.3, 0.4) is 0 Å². The molecule has 0 heterocycles. The van der Waals surface area contributed by atoms with E-state index in [0.717, 1.165) is 0 Å².